The largest absolute Gasteiger partial charge is 0.497 e. The van der Waals surface area contributed by atoms with Crippen molar-refractivity contribution in [2.75, 3.05) is 7.11 Å². The van der Waals surface area contributed by atoms with Crippen LogP contribution in [0.1, 0.15) is 50.7 Å². The molecule has 1 N–H and O–H groups in total. The SMILES string of the molecule is CCCC1CCC23OC(=N)C(C#N)(C2C1)C(C#N)(C#N)C(c1cccc(OC)c1)O3. The van der Waals surface area contributed by atoms with Gasteiger partial charge in [-0.05, 0) is 36.5 Å². The van der Waals surface area contributed by atoms with Gasteiger partial charge in [-0.15, -0.1) is 0 Å². The summed E-state index contributed by atoms with van der Waals surface area (Å²) in [6.45, 7) is 2.11. The van der Waals surface area contributed by atoms with E-state index in [2.05, 4.69) is 25.1 Å². The number of nitrogens with zero attached hydrogens (tertiary/aromatic N) is 3. The molecule has 3 aliphatic rings. The third-order valence-electron chi connectivity index (χ3n) is 7.11. The Labute approximate surface area is 176 Å². The summed E-state index contributed by atoms with van der Waals surface area (Å²) in [5, 5.41) is 39.6. The first-order valence-corrected chi connectivity index (χ1v) is 10.3. The van der Waals surface area contributed by atoms with E-state index in [1.165, 1.54) is 7.11 Å². The molecule has 2 aliphatic heterocycles. The summed E-state index contributed by atoms with van der Waals surface area (Å²) in [4.78, 5) is 0. The summed E-state index contributed by atoms with van der Waals surface area (Å²) in [7, 11) is 1.53. The quantitative estimate of drug-likeness (QED) is 0.801. The second-order valence-electron chi connectivity index (χ2n) is 8.45. The topological polar surface area (TPSA) is 123 Å². The first-order chi connectivity index (χ1) is 14.5. The normalized spacial score (nSPS) is 35.8. The molecular weight excluding hydrogens is 380 g/mol. The monoisotopic (exact) mass is 404 g/mol. The van der Waals surface area contributed by atoms with Gasteiger partial charge in [0, 0.05) is 6.42 Å². The molecule has 30 heavy (non-hydrogen) atoms. The fraction of sp³-hybridized carbons (Fsp3) is 0.565. The Morgan fingerprint density at radius 1 is 1.23 bits per heavy atom. The Kier molecular flexibility index (Phi) is 4.72. The van der Waals surface area contributed by atoms with Crippen LogP contribution < -0.4 is 4.74 Å². The summed E-state index contributed by atoms with van der Waals surface area (Å²) in [5.74, 6) is -1.11. The van der Waals surface area contributed by atoms with Crippen LogP contribution in [-0.4, -0.2) is 18.8 Å². The molecule has 1 aromatic rings. The van der Waals surface area contributed by atoms with Gasteiger partial charge in [-0.3, -0.25) is 5.41 Å². The fourth-order valence-electron chi connectivity index (χ4n) is 5.69. The summed E-state index contributed by atoms with van der Waals surface area (Å²) < 4.78 is 17.7. The Hall–Kier alpha value is -3.08. The van der Waals surface area contributed by atoms with Gasteiger partial charge in [0.2, 0.25) is 17.1 Å². The minimum Gasteiger partial charge on any atom is -0.497 e. The number of hydrogen-bond donors (Lipinski definition) is 1. The van der Waals surface area contributed by atoms with Gasteiger partial charge in [-0.1, -0.05) is 31.9 Å². The van der Waals surface area contributed by atoms with Crippen LogP contribution in [0.25, 0.3) is 0 Å². The third-order valence-corrected chi connectivity index (χ3v) is 7.11. The summed E-state index contributed by atoms with van der Waals surface area (Å²) in [6.07, 6.45) is 2.95. The van der Waals surface area contributed by atoms with E-state index in [1.807, 2.05) is 0 Å². The molecule has 5 atom stereocenters. The van der Waals surface area contributed by atoms with Gasteiger partial charge in [0.25, 0.3) is 0 Å². The molecule has 154 valence electrons. The molecule has 2 saturated heterocycles. The first-order valence-electron chi connectivity index (χ1n) is 10.3. The van der Waals surface area contributed by atoms with E-state index in [-0.39, 0.29) is 5.90 Å². The highest BCUT2D eigenvalue weighted by molar-refractivity contribution is 5.89. The van der Waals surface area contributed by atoms with Gasteiger partial charge >= 0.3 is 0 Å². The van der Waals surface area contributed by atoms with E-state index >= 15 is 0 Å². The van der Waals surface area contributed by atoms with Crippen molar-refractivity contribution in [2.45, 2.75) is 50.9 Å². The predicted molar refractivity (Wildman–Crippen MR) is 106 cm³/mol. The number of rotatable bonds is 4. The lowest BCUT2D eigenvalue weighted by molar-refractivity contribution is -0.299. The van der Waals surface area contributed by atoms with Gasteiger partial charge in [0.1, 0.15) is 11.9 Å². The van der Waals surface area contributed by atoms with Crippen molar-refractivity contribution in [3.05, 3.63) is 29.8 Å². The van der Waals surface area contributed by atoms with Crippen LogP contribution in [0.5, 0.6) is 5.75 Å². The van der Waals surface area contributed by atoms with Crippen molar-refractivity contribution < 1.29 is 14.2 Å². The minimum atomic E-state index is -1.91. The number of benzene rings is 1. The Morgan fingerprint density at radius 3 is 2.63 bits per heavy atom. The van der Waals surface area contributed by atoms with Crippen LogP contribution >= 0.6 is 0 Å². The zero-order chi connectivity index (χ0) is 21.6. The maximum atomic E-state index is 10.4. The van der Waals surface area contributed by atoms with Gasteiger partial charge in [0.15, 0.2) is 5.41 Å². The molecule has 1 aliphatic carbocycles. The van der Waals surface area contributed by atoms with Gasteiger partial charge in [0.05, 0.1) is 31.2 Å². The lowest BCUT2D eigenvalue weighted by atomic mass is 9.50. The molecule has 2 bridgehead atoms. The van der Waals surface area contributed by atoms with E-state index in [0.717, 1.165) is 19.3 Å². The zero-order valence-corrected chi connectivity index (χ0v) is 17.1. The number of hydrogen-bond acceptors (Lipinski definition) is 7. The molecule has 0 aromatic heterocycles. The van der Waals surface area contributed by atoms with Crippen molar-refractivity contribution in [1.82, 2.24) is 0 Å². The van der Waals surface area contributed by atoms with Crippen molar-refractivity contribution in [1.29, 1.82) is 21.2 Å². The number of nitriles is 3. The summed E-state index contributed by atoms with van der Waals surface area (Å²) in [6, 6.07) is 13.4. The highest BCUT2D eigenvalue weighted by Gasteiger charge is 2.80. The standard InChI is InChI=1S/C23H24N4O3/c1-3-5-15-8-9-23-18(10-15)22(14-26,20(27)30-23)21(12-24,13-25)19(29-23)16-6-4-7-17(11-16)28-2/h4,6-7,11,15,18-19,27H,3,5,8-10H2,1-2H3. The molecular formula is C23H24N4O3. The average Bonchev–Trinajstić information content (AvgIpc) is 2.97. The summed E-state index contributed by atoms with van der Waals surface area (Å²) >= 11 is 0. The molecule has 0 radical (unpaired) electrons. The third kappa shape index (κ3) is 2.35. The van der Waals surface area contributed by atoms with Crippen LogP contribution in [0, 0.1) is 62.1 Å². The number of nitrogens with one attached hydrogen (secondary N) is 1. The summed E-state index contributed by atoms with van der Waals surface area (Å²) in [5.41, 5.74) is -3.04. The van der Waals surface area contributed by atoms with Crippen LogP contribution in [0.3, 0.4) is 0 Å². The van der Waals surface area contributed by atoms with Crippen molar-refractivity contribution in [3.8, 4) is 24.0 Å². The zero-order valence-electron chi connectivity index (χ0n) is 17.1. The molecule has 7 heteroatoms. The predicted octanol–water partition coefficient (Wildman–Crippen LogP) is 4.23. The Balaban J connectivity index is 1.92. The smallest absolute Gasteiger partial charge is 0.217 e. The first kappa shape index (κ1) is 20.2. The molecule has 4 rings (SSSR count). The lowest BCUT2D eigenvalue weighted by Crippen LogP contribution is -2.61. The molecule has 1 saturated carbocycles. The van der Waals surface area contributed by atoms with Crippen LogP contribution in [0.4, 0.5) is 0 Å². The molecule has 5 unspecified atom stereocenters. The molecule has 0 amide bonds. The minimum absolute atomic E-state index is 0.319. The van der Waals surface area contributed by atoms with Crippen LogP contribution in [0.15, 0.2) is 24.3 Å². The Bertz CT molecular complexity index is 989. The van der Waals surface area contributed by atoms with E-state index in [0.29, 0.717) is 30.1 Å². The lowest BCUT2D eigenvalue weighted by Gasteiger charge is -2.52. The maximum absolute atomic E-state index is 10.4. The van der Waals surface area contributed by atoms with Gasteiger partial charge in [-0.25, -0.2) is 0 Å². The molecule has 2 heterocycles. The number of ether oxygens (including phenoxy) is 3. The highest BCUT2D eigenvalue weighted by Crippen LogP contribution is 2.70. The van der Waals surface area contributed by atoms with Gasteiger partial charge in [-0.2, -0.15) is 15.8 Å². The van der Waals surface area contributed by atoms with Crippen LogP contribution in [0.2, 0.25) is 0 Å². The second-order valence-corrected chi connectivity index (χ2v) is 8.45. The number of methoxy groups -OCH3 is 1. The molecule has 0 spiro atoms. The fourth-order valence-corrected chi connectivity index (χ4v) is 5.69. The Morgan fingerprint density at radius 2 is 2.00 bits per heavy atom. The van der Waals surface area contributed by atoms with Gasteiger partial charge < -0.3 is 14.2 Å². The van der Waals surface area contributed by atoms with E-state index < -0.39 is 28.6 Å². The van der Waals surface area contributed by atoms with Crippen molar-refractivity contribution in [2.24, 2.45) is 22.7 Å². The van der Waals surface area contributed by atoms with Crippen LogP contribution in [-0.2, 0) is 9.47 Å². The average molecular weight is 404 g/mol. The molecule has 1 aromatic carbocycles. The second kappa shape index (κ2) is 7.01. The highest BCUT2D eigenvalue weighted by atomic mass is 16.7. The van der Waals surface area contributed by atoms with E-state index in [1.54, 1.807) is 24.3 Å². The van der Waals surface area contributed by atoms with E-state index in [9.17, 15) is 15.8 Å². The van der Waals surface area contributed by atoms with Crippen molar-refractivity contribution >= 4 is 5.90 Å². The van der Waals surface area contributed by atoms with Crippen molar-refractivity contribution in [3.63, 3.8) is 0 Å². The molecule has 3 fully saturated rings. The maximum Gasteiger partial charge on any atom is 0.217 e. The molecule has 7 nitrogen and oxygen atoms in total. The van der Waals surface area contributed by atoms with E-state index in [4.69, 9.17) is 19.6 Å².